The molecule has 25 heavy (non-hydrogen) atoms. The van der Waals surface area contributed by atoms with Gasteiger partial charge in [-0.25, -0.2) is 0 Å². The van der Waals surface area contributed by atoms with Crippen LogP contribution in [0.5, 0.6) is 0 Å². The minimum Gasteiger partial charge on any atom is -0.406 e. The van der Waals surface area contributed by atoms with Gasteiger partial charge in [0, 0.05) is 12.2 Å². The first-order valence-electron chi connectivity index (χ1n) is 8.50. The molecule has 3 rings (SSSR count). The van der Waals surface area contributed by atoms with Crippen molar-refractivity contribution in [1.29, 1.82) is 0 Å². The van der Waals surface area contributed by atoms with Crippen molar-refractivity contribution >= 4 is 6.01 Å². The van der Waals surface area contributed by atoms with E-state index in [9.17, 15) is 0 Å². The van der Waals surface area contributed by atoms with Gasteiger partial charge in [-0.3, -0.25) is 5.10 Å². The summed E-state index contributed by atoms with van der Waals surface area (Å²) in [5, 5.41) is 18.4. The molecule has 0 amide bonds. The molecular formula is C18H24N6O. The predicted molar refractivity (Wildman–Crippen MR) is 96.2 cm³/mol. The second-order valence-corrected chi connectivity index (χ2v) is 6.18. The van der Waals surface area contributed by atoms with Crippen molar-refractivity contribution in [3.05, 3.63) is 58.7 Å². The monoisotopic (exact) mass is 340 g/mol. The van der Waals surface area contributed by atoms with E-state index >= 15 is 0 Å². The van der Waals surface area contributed by atoms with Crippen LogP contribution in [0.1, 0.15) is 40.9 Å². The lowest BCUT2D eigenvalue weighted by atomic mass is 10.1. The van der Waals surface area contributed by atoms with Gasteiger partial charge in [-0.1, -0.05) is 35.4 Å². The van der Waals surface area contributed by atoms with Gasteiger partial charge in [0.2, 0.25) is 5.89 Å². The first-order chi connectivity index (χ1) is 12.1. The van der Waals surface area contributed by atoms with Crippen molar-refractivity contribution in [2.75, 3.05) is 11.9 Å². The quantitative estimate of drug-likeness (QED) is 0.544. The average molecular weight is 340 g/mol. The van der Waals surface area contributed by atoms with E-state index in [0.717, 1.165) is 36.3 Å². The van der Waals surface area contributed by atoms with E-state index < -0.39 is 0 Å². The molecule has 0 saturated carbocycles. The summed E-state index contributed by atoms with van der Waals surface area (Å²) in [6, 6.07) is 10.2. The number of H-pyrrole nitrogens is 1. The molecule has 3 aromatic rings. The molecule has 0 aliphatic carbocycles. The van der Waals surface area contributed by atoms with Crippen LogP contribution >= 0.6 is 0 Å². The lowest BCUT2D eigenvalue weighted by molar-refractivity contribution is 0.456. The fourth-order valence-corrected chi connectivity index (χ4v) is 2.81. The van der Waals surface area contributed by atoms with Crippen LogP contribution in [0.3, 0.4) is 0 Å². The number of hydrogen-bond donors (Lipinski definition) is 3. The van der Waals surface area contributed by atoms with E-state index in [1.807, 2.05) is 44.2 Å². The summed E-state index contributed by atoms with van der Waals surface area (Å²) in [4.78, 5) is 0. The van der Waals surface area contributed by atoms with Gasteiger partial charge in [0.15, 0.2) is 0 Å². The lowest BCUT2D eigenvalue weighted by Crippen LogP contribution is -2.13. The summed E-state index contributed by atoms with van der Waals surface area (Å²) in [5.41, 5.74) is 10.8. The van der Waals surface area contributed by atoms with Crippen LogP contribution in [0, 0.1) is 13.8 Å². The minimum atomic E-state index is -0.304. The summed E-state index contributed by atoms with van der Waals surface area (Å²) >= 11 is 0. The number of nitrogens with one attached hydrogen (secondary N) is 2. The summed E-state index contributed by atoms with van der Waals surface area (Å²) < 4.78 is 5.63. The van der Waals surface area contributed by atoms with Crippen LogP contribution in [-0.2, 0) is 12.8 Å². The van der Waals surface area contributed by atoms with E-state index in [2.05, 4.69) is 25.7 Å². The first kappa shape index (κ1) is 17.2. The average Bonchev–Trinajstić information content (AvgIpc) is 3.21. The van der Waals surface area contributed by atoms with E-state index in [-0.39, 0.29) is 6.04 Å². The second kappa shape index (κ2) is 7.94. The molecule has 0 radical (unpaired) electrons. The normalized spacial score (nSPS) is 12.3. The van der Waals surface area contributed by atoms with Crippen LogP contribution in [0.25, 0.3) is 0 Å². The third-order valence-electron chi connectivity index (χ3n) is 4.22. The van der Waals surface area contributed by atoms with E-state index in [0.29, 0.717) is 18.3 Å². The molecule has 2 heterocycles. The number of rotatable bonds is 8. The zero-order valence-corrected chi connectivity index (χ0v) is 14.6. The molecule has 7 heteroatoms. The molecular weight excluding hydrogens is 316 g/mol. The fraction of sp³-hybridized carbons (Fsp3) is 0.389. The Hall–Kier alpha value is -2.67. The smallest absolute Gasteiger partial charge is 0.315 e. The van der Waals surface area contributed by atoms with Gasteiger partial charge in [-0.15, -0.1) is 5.10 Å². The van der Waals surface area contributed by atoms with Gasteiger partial charge in [-0.2, -0.15) is 5.10 Å². The highest BCUT2D eigenvalue weighted by molar-refractivity contribution is 5.24. The van der Waals surface area contributed by atoms with Crippen LogP contribution in [0.4, 0.5) is 6.01 Å². The highest BCUT2D eigenvalue weighted by Gasteiger charge is 2.15. The van der Waals surface area contributed by atoms with Crippen LogP contribution in [0.15, 0.2) is 34.7 Å². The third kappa shape index (κ3) is 4.45. The Balaban J connectivity index is 1.47. The lowest BCUT2D eigenvalue weighted by Gasteiger charge is -2.06. The number of anilines is 1. The molecule has 0 aliphatic rings. The molecule has 0 unspecified atom stereocenters. The summed E-state index contributed by atoms with van der Waals surface area (Å²) in [6.07, 6.45) is 2.58. The molecule has 1 atom stereocenters. The standard InChI is InChI=1S/C18H24N6O/c1-12-15(13(2)22-21-12)9-6-10-20-18-24-23-17(25-18)16(19)11-14-7-4-3-5-8-14/h3-5,7-8,16H,6,9-11,19H2,1-2H3,(H,20,24)(H,21,22)/t16-/m1/s1. The van der Waals surface area contributed by atoms with Gasteiger partial charge in [0.25, 0.3) is 0 Å². The summed E-state index contributed by atoms with van der Waals surface area (Å²) in [6.45, 7) is 4.81. The Kier molecular flexibility index (Phi) is 5.45. The SMILES string of the molecule is Cc1n[nH]c(C)c1CCCNc1nnc([C@H](N)Cc2ccccc2)o1. The zero-order chi connectivity index (χ0) is 17.6. The molecule has 0 fully saturated rings. The van der Waals surface area contributed by atoms with Crippen molar-refractivity contribution in [1.82, 2.24) is 20.4 Å². The predicted octanol–water partition coefficient (Wildman–Crippen LogP) is 2.70. The fourth-order valence-electron chi connectivity index (χ4n) is 2.81. The number of nitrogens with two attached hydrogens (primary N) is 1. The topological polar surface area (TPSA) is 106 Å². The van der Waals surface area contributed by atoms with E-state index in [1.165, 1.54) is 5.56 Å². The van der Waals surface area contributed by atoms with Gasteiger partial charge in [0.05, 0.1) is 11.7 Å². The van der Waals surface area contributed by atoms with Gasteiger partial charge < -0.3 is 15.5 Å². The molecule has 2 aromatic heterocycles. The van der Waals surface area contributed by atoms with Crippen molar-refractivity contribution in [3.8, 4) is 0 Å². The highest BCUT2D eigenvalue weighted by atomic mass is 16.4. The highest BCUT2D eigenvalue weighted by Crippen LogP contribution is 2.17. The first-order valence-corrected chi connectivity index (χ1v) is 8.50. The molecule has 0 spiro atoms. The number of nitrogens with zero attached hydrogens (tertiary/aromatic N) is 3. The van der Waals surface area contributed by atoms with Gasteiger partial charge in [-0.05, 0) is 44.2 Å². The molecule has 1 aromatic carbocycles. The maximum atomic E-state index is 6.16. The molecule has 0 aliphatic heterocycles. The van der Waals surface area contributed by atoms with Crippen LogP contribution in [0.2, 0.25) is 0 Å². The number of aromatic nitrogens is 4. The third-order valence-corrected chi connectivity index (χ3v) is 4.22. The number of hydrogen-bond acceptors (Lipinski definition) is 6. The molecule has 132 valence electrons. The molecule has 7 nitrogen and oxygen atoms in total. The Morgan fingerprint density at radius 3 is 2.72 bits per heavy atom. The second-order valence-electron chi connectivity index (χ2n) is 6.18. The largest absolute Gasteiger partial charge is 0.406 e. The Morgan fingerprint density at radius 2 is 2.00 bits per heavy atom. The zero-order valence-electron chi connectivity index (χ0n) is 14.6. The number of aryl methyl sites for hydroxylation is 2. The van der Waals surface area contributed by atoms with Gasteiger partial charge in [0.1, 0.15) is 0 Å². The molecule has 0 saturated heterocycles. The van der Waals surface area contributed by atoms with Gasteiger partial charge >= 0.3 is 6.01 Å². The Morgan fingerprint density at radius 1 is 1.20 bits per heavy atom. The molecule has 4 N–H and O–H groups in total. The van der Waals surface area contributed by atoms with E-state index in [4.69, 9.17) is 10.2 Å². The van der Waals surface area contributed by atoms with Crippen molar-refractivity contribution in [2.24, 2.45) is 5.73 Å². The van der Waals surface area contributed by atoms with Crippen molar-refractivity contribution < 1.29 is 4.42 Å². The maximum Gasteiger partial charge on any atom is 0.315 e. The summed E-state index contributed by atoms with van der Waals surface area (Å²) in [5.74, 6) is 0.452. The Bertz CT molecular complexity index is 776. The number of benzene rings is 1. The van der Waals surface area contributed by atoms with Crippen LogP contribution in [-0.4, -0.2) is 26.9 Å². The summed E-state index contributed by atoms with van der Waals surface area (Å²) in [7, 11) is 0. The van der Waals surface area contributed by atoms with E-state index in [1.54, 1.807) is 0 Å². The maximum absolute atomic E-state index is 6.16. The number of aromatic amines is 1. The Labute approximate surface area is 147 Å². The van der Waals surface area contributed by atoms with Crippen LogP contribution < -0.4 is 11.1 Å². The minimum absolute atomic E-state index is 0.304. The van der Waals surface area contributed by atoms with Crippen molar-refractivity contribution in [3.63, 3.8) is 0 Å². The van der Waals surface area contributed by atoms with Crippen molar-refractivity contribution in [2.45, 2.75) is 39.2 Å². The molecule has 0 bridgehead atoms.